The Kier molecular flexibility index (Phi) is 5.84. The van der Waals surface area contributed by atoms with Gasteiger partial charge < -0.3 is 24.8 Å². The SMILES string of the molecule is COCC(O)CN(C)C(=O)C1CC(OC)CN1. The number of rotatable bonds is 6. The molecule has 1 rings (SSSR count). The standard InChI is InChI=1S/C11H22N2O4/c1-13(6-8(14)7-16-2)11(15)10-4-9(17-3)5-12-10/h8-10,12,14H,4-7H2,1-3H3. The van der Waals surface area contributed by atoms with E-state index in [1.54, 1.807) is 14.2 Å². The van der Waals surface area contributed by atoms with E-state index in [1.165, 1.54) is 12.0 Å². The third kappa shape index (κ3) is 4.23. The van der Waals surface area contributed by atoms with E-state index in [1.807, 2.05) is 0 Å². The average molecular weight is 246 g/mol. The molecule has 3 atom stereocenters. The van der Waals surface area contributed by atoms with Crippen molar-refractivity contribution in [2.75, 3.05) is 41.0 Å². The van der Waals surface area contributed by atoms with Gasteiger partial charge >= 0.3 is 0 Å². The van der Waals surface area contributed by atoms with Crippen LogP contribution in [0, 0.1) is 0 Å². The van der Waals surface area contributed by atoms with Crippen molar-refractivity contribution in [3.8, 4) is 0 Å². The summed E-state index contributed by atoms with van der Waals surface area (Å²) < 4.78 is 10.0. The topological polar surface area (TPSA) is 71.0 Å². The lowest BCUT2D eigenvalue weighted by molar-refractivity contribution is -0.133. The highest BCUT2D eigenvalue weighted by Gasteiger charge is 2.31. The van der Waals surface area contributed by atoms with Gasteiger partial charge in [0, 0.05) is 34.4 Å². The van der Waals surface area contributed by atoms with E-state index < -0.39 is 6.10 Å². The van der Waals surface area contributed by atoms with Gasteiger partial charge in [0.15, 0.2) is 0 Å². The lowest BCUT2D eigenvalue weighted by Gasteiger charge is -2.23. The summed E-state index contributed by atoms with van der Waals surface area (Å²) >= 11 is 0. The molecule has 1 saturated heterocycles. The summed E-state index contributed by atoms with van der Waals surface area (Å²) in [7, 11) is 4.85. The molecule has 6 nitrogen and oxygen atoms in total. The maximum atomic E-state index is 12.0. The van der Waals surface area contributed by atoms with Gasteiger partial charge in [0.05, 0.1) is 24.9 Å². The van der Waals surface area contributed by atoms with E-state index >= 15 is 0 Å². The van der Waals surface area contributed by atoms with E-state index in [4.69, 9.17) is 9.47 Å². The molecule has 100 valence electrons. The van der Waals surface area contributed by atoms with Crippen LogP contribution < -0.4 is 5.32 Å². The fourth-order valence-corrected chi connectivity index (χ4v) is 1.99. The minimum atomic E-state index is -0.645. The molecule has 1 aliphatic heterocycles. The van der Waals surface area contributed by atoms with Gasteiger partial charge in [-0.25, -0.2) is 0 Å². The molecule has 2 N–H and O–H groups in total. The molecule has 0 saturated carbocycles. The monoisotopic (exact) mass is 246 g/mol. The van der Waals surface area contributed by atoms with Crippen molar-refractivity contribution >= 4 is 5.91 Å². The molecule has 1 aliphatic rings. The molecule has 0 aromatic rings. The summed E-state index contributed by atoms with van der Waals surface area (Å²) in [5, 5.41) is 12.7. The Morgan fingerprint density at radius 1 is 1.59 bits per heavy atom. The van der Waals surface area contributed by atoms with Crippen LogP contribution in [0.5, 0.6) is 0 Å². The predicted molar refractivity (Wildman–Crippen MR) is 62.7 cm³/mol. The third-order valence-electron chi connectivity index (χ3n) is 2.94. The van der Waals surface area contributed by atoms with Crippen molar-refractivity contribution in [2.45, 2.75) is 24.7 Å². The molecule has 1 amide bonds. The molecular weight excluding hydrogens is 224 g/mol. The van der Waals surface area contributed by atoms with Crippen molar-refractivity contribution in [1.82, 2.24) is 10.2 Å². The highest BCUT2D eigenvalue weighted by molar-refractivity contribution is 5.82. The Labute approximate surface area is 102 Å². The second-order valence-corrected chi connectivity index (χ2v) is 4.38. The maximum Gasteiger partial charge on any atom is 0.239 e. The van der Waals surface area contributed by atoms with Gasteiger partial charge in [-0.15, -0.1) is 0 Å². The van der Waals surface area contributed by atoms with Crippen LogP contribution in [0.1, 0.15) is 6.42 Å². The molecule has 0 bridgehead atoms. The quantitative estimate of drug-likeness (QED) is 0.618. The second kappa shape index (κ2) is 6.90. The van der Waals surface area contributed by atoms with Gasteiger partial charge in [-0.2, -0.15) is 0 Å². The van der Waals surface area contributed by atoms with Gasteiger partial charge in [0.25, 0.3) is 0 Å². The normalized spacial score (nSPS) is 25.9. The van der Waals surface area contributed by atoms with Gasteiger partial charge in [-0.3, -0.25) is 4.79 Å². The van der Waals surface area contributed by atoms with E-state index in [-0.39, 0.29) is 31.2 Å². The average Bonchev–Trinajstić information content (AvgIpc) is 2.76. The molecular formula is C11H22N2O4. The van der Waals surface area contributed by atoms with Crippen molar-refractivity contribution in [2.24, 2.45) is 0 Å². The first-order valence-corrected chi connectivity index (χ1v) is 5.76. The number of aliphatic hydroxyl groups is 1. The van der Waals surface area contributed by atoms with Crippen molar-refractivity contribution in [3.63, 3.8) is 0 Å². The zero-order chi connectivity index (χ0) is 12.8. The van der Waals surface area contributed by atoms with Crippen LogP contribution in [-0.4, -0.2) is 75.1 Å². The Balaban J connectivity index is 2.36. The summed E-state index contributed by atoms with van der Waals surface area (Å²) in [5.74, 6) is -0.0142. The summed E-state index contributed by atoms with van der Waals surface area (Å²) in [6.07, 6.45) is 0.134. The number of ether oxygens (including phenoxy) is 2. The Morgan fingerprint density at radius 2 is 2.29 bits per heavy atom. The largest absolute Gasteiger partial charge is 0.389 e. The van der Waals surface area contributed by atoms with Crippen LogP contribution in [0.15, 0.2) is 0 Å². The van der Waals surface area contributed by atoms with Crippen LogP contribution in [0.25, 0.3) is 0 Å². The fraction of sp³-hybridized carbons (Fsp3) is 0.909. The van der Waals surface area contributed by atoms with Crippen LogP contribution in [0.2, 0.25) is 0 Å². The van der Waals surface area contributed by atoms with Crippen molar-refractivity contribution < 1.29 is 19.4 Å². The minimum absolute atomic E-state index is 0.0142. The van der Waals surface area contributed by atoms with Gasteiger partial charge in [0.1, 0.15) is 0 Å². The molecule has 17 heavy (non-hydrogen) atoms. The molecule has 1 heterocycles. The van der Waals surface area contributed by atoms with Crippen molar-refractivity contribution in [1.29, 1.82) is 0 Å². The summed E-state index contributed by atoms with van der Waals surface area (Å²) in [5.41, 5.74) is 0. The first-order valence-electron chi connectivity index (χ1n) is 5.76. The number of aliphatic hydroxyl groups excluding tert-OH is 1. The third-order valence-corrected chi connectivity index (χ3v) is 2.94. The molecule has 1 fully saturated rings. The maximum absolute atomic E-state index is 12.0. The second-order valence-electron chi connectivity index (χ2n) is 4.38. The van der Waals surface area contributed by atoms with E-state index in [2.05, 4.69) is 5.32 Å². The summed E-state index contributed by atoms with van der Waals surface area (Å²) in [6.45, 7) is 1.21. The molecule has 0 aliphatic carbocycles. The smallest absolute Gasteiger partial charge is 0.239 e. The summed E-state index contributed by atoms with van der Waals surface area (Å²) in [4.78, 5) is 13.5. The van der Waals surface area contributed by atoms with Crippen molar-refractivity contribution in [3.05, 3.63) is 0 Å². The Hall–Kier alpha value is -0.690. The molecule has 3 unspecified atom stereocenters. The Bertz CT molecular complexity index is 250. The number of hydrogen-bond donors (Lipinski definition) is 2. The number of carbonyl (C=O) groups is 1. The number of hydrogen-bond acceptors (Lipinski definition) is 5. The van der Waals surface area contributed by atoms with Gasteiger partial charge in [-0.1, -0.05) is 0 Å². The predicted octanol–water partition coefficient (Wildman–Crippen LogP) is -1.17. The van der Waals surface area contributed by atoms with Crippen LogP contribution in [-0.2, 0) is 14.3 Å². The molecule has 0 radical (unpaired) electrons. The van der Waals surface area contributed by atoms with E-state index in [0.29, 0.717) is 13.0 Å². The Morgan fingerprint density at radius 3 is 2.82 bits per heavy atom. The lowest BCUT2D eigenvalue weighted by atomic mass is 10.2. The van der Waals surface area contributed by atoms with Gasteiger partial charge in [0.2, 0.25) is 5.91 Å². The number of carbonyl (C=O) groups excluding carboxylic acids is 1. The first kappa shape index (κ1) is 14.4. The number of likely N-dealkylation sites (N-methyl/N-ethyl adjacent to an activating group) is 1. The van der Waals surface area contributed by atoms with Crippen LogP contribution in [0.4, 0.5) is 0 Å². The molecule has 0 spiro atoms. The molecule has 0 aromatic carbocycles. The van der Waals surface area contributed by atoms with E-state index in [9.17, 15) is 9.90 Å². The van der Waals surface area contributed by atoms with E-state index in [0.717, 1.165) is 0 Å². The fourth-order valence-electron chi connectivity index (χ4n) is 1.99. The number of methoxy groups -OCH3 is 2. The first-order chi connectivity index (χ1) is 8.08. The van der Waals surface area contributed by atoms with Crippen LogP contribution >= 0.6 is 0 Å². The van der Waals surface area contributed by atoms with Gasteiger partial charge in [-0.05, 0) is 6.42 Å². The molecule has 0 aromatic heterocycles. The number of amides is 1. The zero-order valence-corrected chi connectivity index (χ0v) is 10.7. The highest BCUT2D eigenvalue weighted by atomic mass is 16.5. The summed E-state index contributed by atoms with van der Waals surface area (Å²) in [6, 6.07) is -0.209. The highest BCUT2D eigenvalue weighted by Crippen LogP contribution is 2.11. The van der Waals surface area contributed by atoms with Crippen LogP contribution in [0.3, 0.4) is 0 Å². The minimum Gasteiger partial charge on any atom is -0.389 e. The molecule has 6 heteroatoms. The lowest BCUT2D eigenvalue weighted by Crippen LogP contribution is -2.45. The zero-order valence-electron chi connectivity index (χ0n) is 10.7. The number of nitrogens with one attached hydrogen (secondary N) is 1. The number of nitrogens with zero attached hydrogens (tertiary/aromatic N) is 1.